The van der Waals surface area contributed by atoms with Gasteiger partial charge in [-0.1, -0.05) is 12.1 Å². The summed E-state index contributed by atoms with van der Waals surface area (Å²) < 4.78 is 13.7. The number of rotatable bonds is 5. The Morgan fingerprint density at radius 3 is 2.74 bits per heavy atom. The van der Waals surface area contributed by atoms with E-state index in [1.165, 1.54) is 10.9 Å². The number of nitrogens with zero attached hydrogens (tertiary/aromatic N) is 6. The molecule has 1 saturated heterocycles. The number of carbonyl (C=O) groups is 2. The van der Waals surface area contributed by atoms with Gasteiger partial charge in [-0.3, -0.25) is 14.3 Å². The van der Waals surface area contributed by atoms with Gasteiger partial charge in [0.05, 0.1) is 37.6 Å². The van der Waals surface area contributed by atoms with Crippen molar-refractivity contribution in [2.24, 2.45) is 7.05 Å². The third kappa shape index (κ3) is 3.97. The highest BCUT2D eigenvalue weighted by Crippen LogP contribution is 2.27. The summed E-state index contributed by atoms with van der Waals surface area (Å²) in [6, 6.07) is 10.9. The number of benzene rings is 1. The van der Waals surface area contributed by atoms with Crippen LogP contribution in [0.25, 0.3) is 17.0 Å². The van der Waals surface area contributed by atoms with Crippen LogP contribution in [0.4, 0.5) is 5.69 Å². The zero-order chi connectivity index (χ0) is 23.7. The van der Waals surface area contributed by atoms with Crippen LogP contribution in [-0.4, -0.2) is 74.5 Å². The van der Waals surface area contributed by atoms with Gasteiger partial charge in [0.25, 0.3) is 11.8 Å². The van der Waals surface area contributed by atoms with Crippen molar-refractivity contribution in [1.82, 2.24) is 29.3 Å². The highest BCUT2D eigenvalue weighted by molar-refractivity contribution is 6.11. The summed E-state index contributed by atoms with van der Waals surface area (Å²) >= 11 is 0. The molecule has 1 N–H and O–H groups in total. The Morgan fingerprint density at radius 2 is 1.94 bits per heavy atom. The lowest BCUT2D eigenvalue weighted by molar-refractivity contribution is 0.0302. The molecule has 174 valence electrons. The largest absolute Gasteiger partial charge is 0.496 e. The van der Waals surface area contributed by atoms with E-state index in [0.717, 1.165) is 5.56 Å². The molecule has 0 atom stereocenters. The quantitative estimate of drug-likeness (QED) is 0.482. The number of ether oxygens (including phenoxy) is 2. The number of amides is 2. The molecular weight excluding hydrogens is 438 g/mol. The van der Waals surface area contributed by atoms with Crippen LogP contribution in [0.3, 0.4) is 0 Å². The molecule has 11 nitrogen and oxygen atoms in total. The molecule has 5 rings (SSSR count). The monoisotopic (exact) mass is 461 g/mol. The first-order valence-electron chi connectivity index (χ1n) is 10.8. The second-order valence-electron chi connectivity index (χ2n) is 7.74. The predicted molar refractivity (Wildman–Crippen MR) is 123 cm³/mol. The second kappa shape index (κ2) is 8.94. The average Bonchev–Trinajstić information content (AvgIpc) is 3.47. The van der Waals surface area contributed by atoms with Crippen LogP contribution in [0.5, 0.6) is 5.75 Å². The second-order valence-corrected chi connectivity index (χ2v) is 7.74. The Kier molecular flexibility index (Phi) is 5.68. The zero-order valence-electron chi connectivity index (χ0n) is 18.8. The van der Waals surface area contributed by atoms with E-state index in [9.17, 15) is 9.59 Å². The van der Waals surface area contributed by atoms with Gasteiger partial charge < -0.3 is 19.7 Å². The SMILES string of the molecule is COc1ccccc1-c1nc2cc(NC(=O)c3c(C(=O)N4CCOCC4)cnn3C)ccn2n1. The van der Waals surface area contributed by atoms with Gasteiger partial charge in [0, 0.05) is 38.1 Å². The molecule has 1 aliphatic rings. The third-order valence-electron chi connectivity index (χ3n) is 5.63. The Bertz CT molecular complexity index is 1370. The van der Waals surface area contributed by atoms with Crippen LogP contribution in [0.1, 0.15) is 20.8 Å². The number of para-hydroxylation sites is 1. The Labute approximate surface area is 194 Å². The van der Waals surface area contributed by atoms with E-state index in [1.54, 1.807) is 41.9 Å². The van der Waals surface area contributed by atoms with E-state index < -0.39 is 5.91 Å². The molecule has 4 heterocycles. The minimum atomic E-state index is -0.439. The molecule has 1 aromatic carbocycles. The molecule has 0 bridgehead atoms. The zero-order valence-corrected chi connectivity index (χ0v) is 18.8. The fourth-order valence-corrected chi connectivity index (χ4v) is 3.89. The van der Waals surface area contributed by atoms with E-state index in [2.05, 4.69) is 20.5 Å². The van der Waals surface area contributed by atoms with E-state index in [4.69, 9.17) is 9.47 Å². The molecule has 34 heavy (non-hydrogen) atoms. The first-order chi connectivity index (χ1) is 16.5. The standard InChI is InChI=1S/C23H23N7O4/c1-28-20(17(14-24-28)23(32)29-9-11-34-12-10-29)22(31)25-15-7-8-30-19(13-15)26-21(27-30)16-5-3-4-6-18(16)33-2/h3-8,13-14H,9-12H2,1-2H3,(H,25,31). The van der Waals surface area contributed by atoms with E-state index in [1.807, 2.05) is 24.3 Å². The topological polar surface area (TPSA) is 116 Å². The maximum Gasteiger partial charge on any atom is 0.274 e. The van der Waals surface area contributed by atoms with Crippen molar-refractivity contribution in [2.75, 3.05) is 38.7 Å². The molecule has 0 aliphatic carbocycles. The van der Waals surface area contributed by atoms with Crippen molar-refractivity contribution < 1.29 is 19.1 Å². The molecule has 4 aromatic rings. The summed E-state index contributed by atoms with van der Waals surface area (Å²) in [7, 11) is 3.23. The summed E-state index contributed by atoms with van der Waals surface area (Å²) in [4.78, 5) is 32.3. The van der Waals surface area contributed by atoms with Gasteiger partial charge in [-0.05, 0) is 18.2 Å². The van der Waals surface area contributed by atoms with Crippen molar-refractivity contribution in [3.8, 4) is 17.1 Å². The predicted octanol–water partition coefficient (Wildman–Crippen LogP) is 1.86. The number of fused-ring (bicyclic) bond motifs is 1. The molecular formula is C23H23N7O4. The Balaban J connectivity index is 1.40. The summed E-state index contributed by atoms with van der Waals surface area (Å²) in [6.45, 7) is 1.91. The van der Waals surface area contributed by atoms with Gasteiger partial charge in [-0.2, -0.15) is 5.10 Å². The van der Waals surface area contributed by atoms with Gasteiger partial charge in [-0.15, -0.1) is 5.10 Å². The van der Waals surface area contributed by atoms with Crippen molar-refractivity contribution in [3.63, 3.8) is 0 Å². The van der Waals surface area contributed by atoms with Crippen molar-refractivity contribution in [2.45, 2.75) is 0 Å². The minimum absolute atomic E-state index is 0.188. The highest BCUT2D eigenvalue weighted by atomic mass is 16.5. The molecule has 0 unspecified atom stereocenters. The third-order valence-corrected chi connectivity index (χ3v) is 5.63. The lowest BCUT2D eigenvalue weighted by atomic mass is 10.2. The van der Waals surface area contributed by atoms with Gasteiger partial charge >= 0.3 is 0 Å². The van der Waals surface area contributed by atoms with Gasteiger partial charge in [-0.25, -0.2) is 9.50 Å². The molecule has 0 radical (unpaired) electrons. The average molecular weight is 461 g/mol. The number of hydrogen-bond donors (Lipinski definition) is 1. The summed E-state index contributed by atoms with van der Waals surface area (Å²) in [5.74, 6) is 0.493. The van der Waals surface area contributed by atoms with Crippen LogP contribution in [0.15, 0.2) is 48.8 Å². The maximum absolute atomic E-state index is 13.1. The smallest absolute Gasteiger partial charge is 0.274 e. The number of nitrogens with one attached hydrogen (secondary N) is 1. The van der Waals surface area contributed by atoms with Crippen LogP contribution < -0.4 is 10.1 Å². The first-order valence-corrected chi connectivity index (χ1v) is 10.8. The number of methoxy groups -OCH3 is 1. The van der Waals surface area contributed by atoms with Crippen LogP contribution in [0.2, 0.25) is 0 Å². The van der Waals surface area contributed by atoms with E-state index >= 15 is 0 Å². The number of carbonyl (C=O) groups excluding carboxylic acids is 2. The lowest BCUT2D eigenvalue weighted by Gasteiger charge is -2.26. The molecule has 0 saturated carbocycles. The summed E-state index contributed by atoms with van der Waals surface area (Å²) in [6.07, 6.45) is 3.13. The first kappa shape index (κ1) is 21.6. The fraction of sp³-hybridized carbons (Fsp3) is 0.261. The molecule has 1 fully saturated rings. The molecule has 3 aromatic heterocycles. The number of morpholine rings is 1. The van der Waals surface area contributed by atoms with Crippen LogP contribution in [0, 0.1) is 0 Å². The van der Waals surface area contributed by atoms with Crippen molar-refractivity contribution in [1.29, 1.82) is 0 Å². The van der Waals surface area contributed by atoms with Crippen molar-refractivity contribution in [3.05, 3.63) is 60.0 Å². The van der Waals surface area contributed by atoms with Gasteiger partial charge in [0.1, 0.15) is 11.4 Å². The number of aryl methyl sites for hydroxylation is 1. The number of aromatic nitrogens is 5. The highest BCUT2D eigenvalue weighted by Gasteiger charge is 2.27. The van der Waals surface area contributed by atoms with Crippen molar-refractivity contribution >= 4 is 23.1 Å². The van der Waals surface area contributed by atoms with E-state index in [0.29, 0.717) is 49.2 Å². The van der Waals surface area contributed by atoms with Gasteiger partial charge in [0.2, 0.25) is 0 Å². The van der Waals surface area contributed by atoms with Crippen LogP contribution in [-0.2, 0) is 11.8 Å². The fourth-order valence-electron chi connectivity index (χ4n) is 3.89. The van der Waals surface area contributed by atoms with Gasteiger partial charge in [0.15, 0.2) is 11.5 Å². The molecule has 2 amide bonds. The summed E-state index contributed by atoms with van der Waals surface area (Å²) in [5, 5.41) is 11.5. The van der Waals surface area contributed by atoms with Crippen LogP contribution >= 0.6 is 0 Å². The number of hydrogen-bond acceptors (Lipinski definition) is 7. The Morgan fingerprint density at radius 1 is 1.15 bits per heavy atom. The maximum atomic E-state index is 13.1. The minimum Gasteiger partial charge on any atom is -0.496 e. The normalized spacial score (nSPS) is 13.8. The molecule has 11 heteroatoms. The molecule has 0 spiro atoms. The number of anilines is 1. The van der Waals surface area contributed by atoms with E-state index in [-0.39, 0.29) is 17.2 Å². The molecule has 1 aliphatic heterocycles. The lowest BCUT2D eigenvalue weighted by Crippen LogP contribution is -2.41. The Hall–Kier alpha value is -4.25. The summed E-state index contributed by atoms with van der Waals surface area (Å²) in [5.41, 5.74) is 2.27. The number of pyridine rings is 1.